The molecule has 0 aromatic heterocycles. The predicted molar refractivity (Wildman–Crippen MR) is 140 cm³/mol. The molecule has 4 rings (SSSR count). The molecule has 2 amide bonds. The Morgan fingerprint density at radius 2 is 1.39 bits per heavy atom. The van der Waals surface area contributed by atoms with Crippen molar-refractivity contribution in [1.82, 2.24) is 5.32 Å². The minimum Gasteiger partial charge on any atom is -0.334 e. The first kappa shape index (κ1) is 23.1. The molecular weight excluding hydrogens is 473 g/mol. The molecule has 4 aromatic rings. The number of halogens is 2. The molecule has 3 N–H and O–H groups in total. The largest absolute Gasteiger partial charge is 0.334 e. The lowest BCUT2D eigenvalue weighted by Gasteiger charge is -2.12. The highest BCUT2D eigenvalue weighted by Crippen LogP contribution is 2.32. The molecule has 0 spiro atoms. The number of anilines is 2. The van der Waals surface area contributed by atoms with Crippen LogP contribution in [0, 0.1) is 0 Å². The van der Waals surface area contributed by atoms with Crippen LogP contribution in [0.2, 0.25) is 10.0 Å². The van der Waals surface area contributed by atoms with Gasteiger partial charge < -0.3 is 15.4 Å². The number of rotatable bonds is 7. The van der Waals surface area contributed by atoms with Gasteiger partial charge in [-0.05, 0) is 77.2 Å². The summed E-state index contributed by atoms with van der Waals surface area (Å²) in [5, 5.41) is 6.69. The number of benzene rings is 4. The second-order valence-corrected chi connectivity index (χ2v) is 8.95. The van der Waals surface area contributed by atoms with Gasteiger partial charge in [0.25, 0.3) is 0 Å². The summed E-state index contributed by atoms with van der Waals surface area (Å²) in [7, 11) is 0. The van der Waals surface area contributed by atoms with Crippen molar-refractivity contribution in [2.24, 2.45) is 0 Å². The van der Waals surface area contributed by atoms with E-state index in [1.54, 1.807) is 30.1 Å². The van der Waals surface area contributed by atoms with Crippen LogP contribution < -0.4 is 15.4 Å². The third-order valence-corrected chi connectivity index (χ3v) is 6.12. The van der Waals surface area contributed by atoms with Gasteiger partial charge in [-0.2, -0.15) is 0 Å². The van der Waals surface area contributed by atoms with E-state index in [2.05, 4.69) is 39.6 Å². The van der Waals surface area contributed by atoms with E-state index in [0.717, 1.165) is 16.1 Å². The second kappa shape index (κ2) is 11.1. The lowest BCUT2D eigenvalue weighted by atomic mass is 10.1. The molecule has 4 nitrogen and oxygen atoms in total. The second-order valence-electron chi connectivity index (χ2n) is 7.23. The Morgan fingerprint density at radius 3 is 2.12 bits per heavy atom. The van der Waals surface area contributed by atoms with Crippen LogP contribution in [0.5, 0.6) is 0 Å². The van der Waals surface area contributed by atoms with Crippen molar-refractivity contribution in [2.45, 2.75) is 11.4 Å². The molecule has 0 heterocycles. The molecule has 4 aromatic carbocycles. The number of nitrogens with one attached hydrogen (secondary N) is 3. The van der Waals surface area contributed by atoms with Crippen molar-refractivity contribution in [2.75, 3.05) is 10.0 Å². The fourth-order valence-electron chi connectivity index (χ4n) is 3.22. The molecule has 0 saturated heterocycles. The number of hydrogen-bond acceptors (Lipinski definition) is 3. The first-order valence-corrected chi connectivity index (χ1v) is 11.8. The van der Waals surface area contributed by atoms with Gasteiger partial charge in [-0.3, -0.25) is 0 Å². The van der Waals surface area contributed by atoms with E-state index in [1.807, 2.05) is 54.6 Å². The van der Waals surface area contributed by atoms with Gasteiger partial charge in [0.1, 0.15) is 0 Å². The number of amides is 2. The lowest BCUT2D eigenvalue weighted by molar-refractivity contribution is 0.251. The van der Waals surface area contributed by atoms with Gasteiger partial charge in [-0.25, -0.2) is 4.79 Å². The van der Waals surface area contributed by atoms with E-state index in [-0.39, 0.29) is 6.03 Å². The fourth-order valence-corrected chi connectivity index (χ4v) is 4.60. The molecule has 166 valence electrons. The number of hydrogen-bond donors (Lipinski definition) is 3. The van der Waals surface area contributed by atoms with Crippen LogP contribution in [-0.2, 0) is 6.54 Å². The number of urea groups is 1. The lowest BCUT2D eigenvalue weighted by Crippen LogP contribution is -2.28. The van der Waals surface area contributed by atoms with E-state index in [0.29, 0.717) is 22.3 Å². The minimum absolute atomic E-state index is 0.307. The van der Waals surface area contributed by atoms with Crippen molar-refractivity contribution in [3.8, 4) is 11.1 Å². The van der Waals surface area contributed by atoms with Gasteiger partial charge >= 0.3 is 6.03 Å². The Kier molecular flexibility index (Phi) is 7.79. The van der Waals surface area contributed by atoms with Crippen molar-refractivity contribution in [1.29, 1.82) is 0 Å². The van der Waals surface area contributed by atoms with E-state index in [1.165, 1.54) is 11.1 Å². The molecule has 0 saturated carbocycles. The SMILES string of the molecule is O=C(NCc1cc(Cl)cc(Cl)c1)Nc1ccc(NSc2ccccc2-c2ccccc2)cc1. The molecule has 0 unspecified atom stereocenters. The zero-order valence-electron chi connectivity index (χ0n) is 17.5. The Balaban J connectivity index is 1.31. The van der Waals surface area contributed by atoms with Crippen molar-refractivity contribution < 1.29 is 4.79 Å². The van der Waals surface area contributed by atoms with Crippen LogP contribution in [0.1, 0.15) is 5.56 Å². The predicted octanol–water partition coefficient (Wildman–Crippen LogP) is 8.10. The molecule has 0 aliphatic carbocycles. The summed E-state index contributed by atoms with van der Waals surface area (Å²) in [5.74, 6) is 0. The van der Waals surface area contributed by atoms with Crippen LogP contribution in [0.4, 0.5) is 16.2 Å². The number of carbonyl (C=O) groups excluding carboxylic acids is 1. The third-order valence-electron chi connectivity index (χ3n) is 4.77. The highest BCUT2D eigenvalue weighted by Gasteiger charge is 2.06. The first-order valence-electron chi connectivity index (χ1n) is 10.2. The average molecular weight is 494 g/mol. The molecule has 7 heteroatoms. The highest BCUT2D eigenvalue weighted by atomic mass is 35.5. The smallest absolute Gasteiger partial charge is 0.319 e. The van der Waals surface area contributed by atoms with Crippen LogP contribution >= 0.6 is 35.1 Å². The van der Waals surface area contributed by atoms with Crippen LogP contribution in [0.25, 0.3) is 11.1 Å². The summed E-state index contributed by atoms with van der Waals surface area (Å²) in [6, 6.07) is 31.0. The molecule has 0 aliphatic heterocycles. The maximum atomic E-state index is 12.2. The first-order chi connectivity index (χ1) is 16.1. The maximum Gasteiger partial charge on any atom is 0.319 e. The molecule has 0 fully saturated rings. The Bertz CT molecular complexity index is 1210. The van der Waals surface area contributed by atoms with E-state index in [4.69, 9.17) is 23.2 Å². The van der Waals surface area contributed by atoms with Gasteiger partial charge in [0.2, 0.25) is 0 Å². The third kappa shape index (κ3) is 6.68. The zero-order chi connectivity index (χ0) is 23.0. The highest BCUT2D eigenvalue weighted by molar-refractivity contribution is 8.00. The summed E-state index contributed by atoms with van der Waals surface area (Å²) in [6.07, 6.45) is 0. The standard InChI is InChI=1S/C26H21Cl2N3OS/c27-20-14-18(15-21(28)16-20)17-29-26(32)30-22-10-12-23(13-11-22)31-33-25-9-5-4-8-24(25)19-6-2-1-3-7-19/h1-16,31H,17H2,(H2,29,30,32). The summed E-state index contributed by atoms with van der Waals surface area (Å²) in [4.78, 5) is 13.3. The minimum atomic E-state index is -0.307. The number of carbonyl (C=O) groups is 1. The molecule has 0 radical (unpaired) electrons. The van der Waals surface area contributed by atoms with Crippen molar-refractivity contribution in [3.05, 3.63) is 113 Å². The van der Waals surface area contributed by atoms with Crippen LogP contribution in [0.15, 0.2) is 102 Å². The monoisotopic (exact) mass is 493 g/mol. The van der Waals surface area contributed by atoms with E-state index < -0.39 is 0 Å². The summed E-state index contributed by atoms with van der Waals surface area (Å²) in [6.45, 7) is 0.323. The van der Waals surface area contributed by atoms with Gasteiger partial charge in [0.05, 0.1) is 0 Å². The Morgan fingerprint density at radius 1 is 0.758 bits per heavy atom. The zero-order valence-corrected chi connectivity index (χ0v) is 19.8. The molecule has 33 heavy (non-hydrogen) atoms. The molecule has 0 aliphatic rings. The Hall–Kier alpha value is -3.12. The van der Waals surface area contributed by atoms with Crippen LogP contribution in [-0.4, -0.2) is 6.03 Å². The van der Waals surface area contributed by atoms with Gasteiger partial charge in [-0.1, -0.05) is 71.7 Å². The average Bonchev–Trinajstić information content (AvgIpc) is 2.82. The maximum absolute atomic E-state index is 12.2. The topological polar surface area (TPSA) is 53.2 Å². The van der Waals surface area contributed by atoms with Crippen molar-refractivity contribution >= 4 is 52.6 Å². The summed E-state index contributed by atoms with van der Waals surface area (Å²) < 4.78 is 3.37. The van der Waals surface area contributed by atoms with Crippen LogP contribution in [0.3, 0.4) is 0 Å². The molecule has 0 bridgehead atoms. The normalized spacial score (nSPS) is 10.5. The van der Waals surface area contributed by atoms with Gasteiger partial charge in [-0.15, -0.1) is 0 Å². The molecular formula is C26H21Cl2N3OS. The van der Waals surface area contributed by atoms with E-state index >= 15 is 0 Å². The summed E-state index contributed by atoms with van der Waals surface area (Å²) in [5.41, 5.74) is 4.80. The van der Waals surface area contributed by atoms with Gasteiger partial charge in [0.15, 0.2) is 0 Å². The van der Waals surface area contributed by atoms with Crippen molar-refractivity contribution in [3.63, 3.8) is 0 Å². The molecule has 0 atom stereocenters. The quantitative estimate of drug-likeness (QED) is 0.228. The van der Waals surface area contributed by atoms with E-state index in [9.17, 15) is 4.79 Å². The summed E-state index contributed by atoms with van der Waals surface area (Å²) >= 11 is 13.5. The fraction of sp³-hybridized carbons (Fsp3) is 0.0385. The van der Waals surface area contributed by atoms with Gasteiger partial charge in [0, 0.05) is 32.9 Å². The Labute approximate surface area is 207 Å².